The number of halogens is 3. The van der Waals surface area contributed by atoms with Gasteiger partial charge in [0.05, 0.1) is 11.3 Å². The molecule has 0 aliphatic rings. The number of nitrogens with two attached hydrogens (primary N) is 2. The average Bonchev–Trinajstić information content (AvgIpc) is 2.33. The molecule has 0 unspecified atom stereocenters. The maximum absolute atomic E-state index is 12.9. The molecule has 0 spiro atoms. The molecule has 0 saturated heterocycles. The van der Waals surface area contributed by atoms with Crippen LogP contribution in [0.5, 0.6) is 0 Å². The maximum Gasteiger partial charge on any atom is 0.419 e. The standard InChI is InChI=1S/C11H9F3N4S/c12-11(13,14)6-5-7(15)9(16)18-10(6)19-8-3-1-2-4-17-8/h1-5H,15H2,(H2,16,18). The third-order valence-electron chi connectivity index (χ3n) is 2.19. The summed E-state index contributed by atoms with van der Waals surface area (Å²) in [7, 11) is 0. The number of anilines is 2. The lowest BCUT2D eigenvalue weighted by Gasteiger charge is -2.13. The van der Waals surface area contributed by atoms with E-state index in [1.807, 2.05) is 0 Å². The average molecular weight is 286 g/mol. The Morgan fingerprint density at radius 2 is 1.89 bits per heavy atom. The Labute approximate surface area is 111 Å². The number of nitrogens with zero attached hydrogens (tertiary/aromatic N) is 2. The van der Waals surface area contributed by atoms with Crippen molar-refractivity contribution in [3.05, 3.63) is 36.0 Å². The van der Waals surface area contributed by atoms with E-state index in [9.17, 15) is 13.2 Å². The molecule has 0 fully saturated rings. The largest absolute Gasteiger partial charge is 0.419 e. The van der Waals surface area contributed by atoms with Crippen molar-refractivity contribution in [2.24, 2.45) is 0 Å². The second-order valence-electron chi connectivity index (χ2n) is 3.58. The molecule has 100 valence electrons. The first kappa shape index (κ1) is 13.5. The van der Waals surface area contributed by atoms with Gasteiger partial charge in [-0.15, -0.1) is 0 Å². The molecule has 0 radical (unpaired) electrons. The van der Waals surface area contributed by atoms with Crippen LogP contribution in [0.1, 0.15) is 5.56 Å². The molecule has 2 heterocycles. The van der Waals surface area contributed by atoms with Crippen LogP contribution in [0.2, 0.25) is 0 Å². The topological polar surface area (TPSA) is 77.8 Å². The predicted octanol–water partition coefficient (Wildman–Crippen LogP) is 2.81. The summed E-state index contributed by atoms with van der Waals surface area (Å²) in [5.41, 5.74) is 9.70. The molecular weight excluding hydrogens is 277 g/mol. The fourth-order valence-corrected chi connectivity index (χ4v) is 2.20. The van der Waals surface area contributed by atoms with Gasteiger partial charge in [0, 0.05) is 6.20 Å². The van der Waals surface area contributed by atoms with E-state index in [4.69, 9.17) is 11.5 Å². The van der Waals surface area contributed by atoms with Crippen molar-refractivity contribution >= 4 is 23.3 Å². The van der Waals surface area contributed by atoms with Gasteiger partial charge in [-0.2, -0.15) is 13.2 Å². The van der Waals surface area contributed by atoms with Crippen molar-refractivity contribution < 1.29 is 13.2 Å². The van der Waals surface area contributed by atoms with Crippen molar-refractivity contribution in [3.8, 4) is 0 Å². The van der Waals surface area contributed by atoms with Gasteiger partial charge in [-0.3, -0.25) is 0 Å². The Hall–Kier alpha value is -1.96. The van der Waals surface area contributed by atoms with E-state index in [1.165, 1.54) is 6.20 Å². The minimum Gasteiger partial charge on any atom is -0.396 e. The van der Waals surface area contributed by atoms with Gasteiger partial charge in [0.15, 0.2) is 0 Å². The fraction of sp³-hybridized carbons (Fsp3) is 0.0909. The van der Waals surface area contributed by atoms with Gasteiger partial charge in [0.25, 0.3) is 0 Å². The lowest BCUT2D eigenvalue weighted by Crippen LogP contribution is -2.11. The Kier molecular flexibility index (Phi) is 3.52. The predicted molar refractivity (Wildman–Crippen MR) is 66.4 cm³/mol. The first-order chi connectivity index (χ1) is 8.88. The van der Waals surface area contributed by atoms with Gasteiger partial charge in [-0.25, -0.2) is 9.97 Å². The van der Waals surface area contributed by atoms with Crippen LogP contribution in [0.3, 0.4) is 0 Å². The summed E-state index contributed by atoms with van der Waals surface area (Å²) >= 11 is 0.786. The summed E-state index contributed by atoms with van der Waals surface area (Å²) in [6.07, 6.45) is -3.07. The minimum absolute atomic E-state index is 0.133. The SMILES string of the molecule is Nc1cc(C(F)(F)F)c(Sc2ccccn2)nc1N. The summed E-state index contributed by atoms with van der Waals surface area (Å²) in [6, 6.07) is 5.70. The molecule has 0 aliphatic carbocycles. The van der Waals surface area contributed by atoms with Gasteiger partial charge in [0.2, 0.25) is 0 Å². The molecule has 4 N–H and O–H groups in total. The van der Waals surface area contributed by atoms with Crippen molar-refractivity contribution in [3.63, 3.8) is 0 Å². The number of hydrogen-bond acceptors (Lipinski definition) is 5. The van der Waals surface area contributed by atoms with Gasteiger partial charge in [0.1, 0.15) is 15.9 Å². The van der Waals surface area contributed by atoms with Crippen LogP contribution < -0.4 is 11.5 Å². The quantitative estimate of drug-likeness (QED) is 0.887. The van der Waals surface area contributed by atoms with E-state index in [1.54, 1.807) is 18.2 Å². The fourth-order valence-electron chi connectivity index (χ4n) is 1.31. The molecular formula is C11H9F3N4S. The molecule has 4 nitrogen and oxygen atoms in total. The molecule has 0 aliphatic heterocycles. The highest BCUT2D eigenvalue weighted by atomic mass is 32.2. The number of pyridine rings is 2. The second-order valence-corrected chi connectivity index (χ2v) is 4.59. The normalized spacial score (nSPS) is 11.5. The highest BCUT2D eigenvalue weighted by molar-refractivity contribution is 7.99. The summed E-state index contributed by atoms with van der Waals surface area (Å²) < 4.78 is 38.7. The van der Waals surface area contributed by atoms with Crippen LogP contribution in [-0.4, -0.2) is 9.97 Å². The van der Waals surface area contributed by atoms with E-state index in [2.05, 4.69) is 9.97 Å². The lowest BCUT2D eigenvalue weighted by atomic mass is 10.2. The number of aromatic nitrogens is 2. The Morgan fingerprint density at radius 1 is 1.16 bits per heavy atom. The minimum atomic E-state index is -4.55. The molecule has 8 heteroatoms. The third-order valence-corrected chi connectivity index (χ3v) is 3.15. The third kappa shape index (κ3) is 3.08. The number of alkyl halides is 3. The molecule has 2 rings (SSSR count). The highest BCUT2D eigenvalue weighted by Crippen LogP contribution is 2.39. The molecule has 19 heavy (non-hydrogen) atoms. The van der Waals surface area contributed by atoms with Gasteiger partial charge >= 0.3 is 6.18 Å². The summed E-state index contributed by atoms with van der Waals surface area (Å²) in [6.45, 7) is 0. The highest BCUT2D eigenvalue weighted by Gasteiger charge is 2.35. The van der Waals surface area contributed by atoms with Crippen molar-refractivity contribution in [1.82, 2.24) is 9.97 Å². The van der Waals surface area contributed by atoms with Crippen LogP contribution in [-0.2, 0) is 6.18 Å². The maximum atomic E-state index is 12.9. The zero-order valence-corrected chi connectivity index (χ0v) is 10.3. The number of nitrogen functional groups attached to an aromatic ring is 2. The lowest BCUT2D eigenvalue weighted by molar-refractivity contribution is -0.140. The van der Waals surface area contributed by atoms with Gasteiger partial charge in [-0.1, -0.05) is 6.07 Å². The smallest absolute Gasteiger partial charge is 0.396 e. The van der Waals surface area contributed by atoms with Crippen molar-refractivity contribution in [2.45, 2.75) is 16.2 Å². The molecule has 0 amide bonds. The first-order valence-electron chi connectivity index (χ1n) is 5.10. The monoisotopic (exact) mass is 286 g/mol. The molecule has 0 bridgehead atoms. The van der Waals surface area contributed by atoms with Crippen LogP contribution in [0.15, 0.2) is 40.5 Å². The van der Waals surface area contributed by atoms with Crippen LogP contribution in [0.25, 0.3) is 0 Å². The van der Waals surface area contributed by atoms with E-state index in [-0.39, 0.29) is 16.5 Å². The summed E-state index contributed by atoms with van der Waals surface area (Å²) in [5, 5.41) is 0.127. The molecule has 0 saturated carbocycles. The molecule has 0 atom stereocenters. The zero-order chi connectivity index (χ0) is 14.0. The van der Waals surface area contributed by atoms with E-state index in [0.29, 0.717) is 5.03 Å². The second kappa shape index (κ2) is 4.96. The van der Waals surface area contributed by atoms with Gasteiger partial charge < -0.3 is 11.5 Å². The van der Waals surface area contributed by atoms with Gasteiger partial charge in [-0.05, 0) is 30.0 Å². The molecule has 0 aromatic carbocycles. The number of rotatable bonds is 2. The van der Waals surface area contributed by atoms with Crippen LogP contribution in [0, 0.1) is 0 Å². The summed E-state index contributed by atoms with van der Waals surface area (Å²) in [5.74, 6) is -0.133. The number of hydrogen-bond donors (Lipinski definition) is 2. The zero-order valence-electron chi connectivity index (χ0n) is 9.48. The van der Waals surface area contributed by atoms with E-state index < -0.39 is 11.7 Å². The molecule has 2 aromatic heterocycles. The Bertz CT molecular complexity index is 586. The van der Waals surface area contributed by atoms with Crippen LogP contribution in [0.4, 0.5) is 24.7 Å². The first-order valence-corrected chi connectivity index (χ1v) is 5.91. The van der Waals surface area contributed by atoms with E-state index in [0.717, 1.165) is 17.8 Å². The summed E-state index contributed by atoms with van der Waals surface area (Å²) in [4.78, 5) is 7.62. The van der Waals surface area contributed by atoms with Crippen LogP contribution >= 0.6 is 11.8 Å². The molecule has 2 aromatic rings. The van der Waals surface area contributed by atoms with Crippen molar-refractivity contribution in [2.75, 3.05) is 11.5 Å². The Morgan fingerprint density at radius 3 is 2.47 bits per heavy atom. The van der Waals surface area contributed by atoms with Crippen molar-refractivity contribution in [1.29, 1.82) is 0 Å². The van der Waals surface area contributed by atoms with E-state index >= 15 is 0 Å². The Balaban J connectivity index is 2.47.